The van der Waals surface area contributed by atoms with E-state index in [1.165, 1.54) is 99.8 Å². The molecule has 2 aliphatic rings. The fourth-order valence-corrected chi connectivity index (χ4v) is 10.4. The smallest absolute Gasteiger partial charge is 0.198 e. The van der Waals surface area contributed by atoms with Crippen LogP contribution in [0, 0.1) is 0 Å². The topological polar surface area (TPSA) is 15.3 Å². The monoisotopic (exact) mass is 816 g/mol. The zero-order valence-corrected chi connectivity index (χ0v) is 36.0. The van der Waals surface area contributed by atoms with Crippen molar-refractivity contribution in [3.63, 3.8) is 0 Å². The number of hydrogen-bond donors (Lipinski definition) is 1. The second kappa shape index (κ2) is 15.2. The summed E-state index contributed by atoms with van der Waals surface area (Å²) in [5.74, 6) is 0. The van der Waals surface area contributed by atoms with E-state index in [2.05, 4.69) is 249 Å². The molecule has 1 heterocycles. The molecule has 0 spiro atoms. The molecule has 10 aromatic rings. The van der Waals surface area contributed by atoms with Crippen molar-refractivity contribution in [2.75, 3.05) is 10.2 Å². The van der Waals surface area contributed by atoms with Gasteiger partial charge in [-0.15, -0.1) is 0 Å². The Morgan fingerprint density at radius 3 is 1.67 bits per heavy atom. The molecule has 0 aromatic heterocycles. The van der Waals surface area contributed by atoms with Gasteiger partial charge in [0.1, 0.15) is 0 Å². The van der Waals surface area contributed by atoms with E-state index in [4.69, 9.17) is 0 Å². The fraction of sp³-hybridized carbons (Fsp3) is 0.0492. The lowest BCUT2D eigenvalue weighted by Gasteiger charge is -2.36. The molecule has 1 aliphatic carbocycles. The van der Waals surface area contributed by atoms with Crippen LogP contribution in [0.5, 0.6) is 0 Å². The summed E-state index contributed by atoms with van der Waals surface area (Å²) in [5, 5.41) is 6.48. The van der Waals surface area contributed by atoms with Gasteiger partial charge in [0.15, 0.2) is 7.28 Å². The van der Waals surface area contributed by atoms with Gasteiger partial charge >= 0.3 is 0 Å². The minimum absolute atomic E-state index is 0.161. The molecular formula is C61H45BN2. The van der Waals surface area contributed by atoms with Crippen molar-refractivity contribution in [3.8, 4) is 55.6 Å². The summed E-state index contributed by atoms with van der Waals surface area (Å²) in [6.07, 6.45) is 0. The molecule has 0 amide bonds. The lowest BCUT2D eigenvalue weighted by atomic mass is 9.57. The largest absolute Gasteiger partial charge is 0.355 e. The lowest BCUT2D eigenvalue weighted by molar-refractivity contribution is 0.660. The highest BCUT2D eigenvalue weighted by molar-refractivity contribution is 6.74. The Hall–Kier alpha value is -7.88. The Kier molecular flexibility index (Phi) is 8.98. The summed E-state index contributed by atoms with van der Waals surface area (Å²) in [6, 6.07) is 82.5. The average molecular weight is 817 g/mol. The Morgan fingerprint density at radius 1 is 0.422 bits per heavy atom. The van der Waals surface area contributed by atoms with Crippen molar-refractivity contribution in [2.24, 2.45) is 0 Å². The van der Waals surface area contributed by atoms with Gasteiger partial charge in [-0.25, -0.2) is 0 Å². The van der Waals surface area contributed by atoms with Crippen LogP contribution < -0.4 is 21.1 Å². The highest BCUT2D eigenvalue weighted by Crippen LogP contribution is 2.53. The first-order chi connectivity index (χ1) is 31.5. The first-order valence-corrected chi connectivity index (χ1v) is 22.4. The molecule has 10 aromatic carbocycles. The lowest BCUT2D eigenvalue weighted by Crippen LogP contribution is -2.41. The maximum atomic E-state index is 4.02. The van der Waals surface area contributed by atoms with Gasteiger partial charge in [0.25, 0.3) is 0 Å². The van der Waals surface area contributed by atoms with Gasteiger partial charge in [0.05, 0.1) is 0 Å². The van der Waals surface area contributed by atoms with Crippen LogP contribution in [0.3, 0.4) is 0 Å². The molecule has 0 atom stereocenters. The maximum absolute atomic E-state index is 4.02. The SMILES string of the molecule is CC1(C)c2ccccc2-c2cc(-c3c4c(cc5ccccc35)N(c3ccc(-c5ccccc5)cc3)c3ccc(-c5ccccc5)cc3B4)c(Nc3ccc(-c4ccccc4)cc3)cc21. The minimum Gasteiger partial charge on any atom is -0.355 e. The molecule has 2 nitrogen and oxygen atoms in total. The van der Waals surface area contributed by atoms with Gasteiger partial charge in [0.2, 0.25) is 0 Å². The van der Waals surface area contributed by atoms with Crippen molar-refractivity contribution < 1.29 is 0 Å². The van der Waals surface area contributed by atoms with E-state index < -0.39 is 0 Å². The number of nitrogens with one attached hydrogen (secondary N) is 1. The quantitative estimate of drug-likeness (QED) is 0.161. The summed E-state index contributed by atoms with van der Waals surface area (Å²) in [7, 11) is 0.786. The number of benzene rings is 10. The van der Waals surface area contributed by atoms with Crippen LogP contribution in [-0.4, -0.2) is 7.28 Å². The second-order valence-corrected chi connectivity index (χ2v) is 17.8. The molecule has 0 saturated heterocycles. The van der Waals surface area contributed by atoms with E-state index in [1.807, 2.05) is 0 Å². The third kappa shape index (κ3) is 6.35. The summed E-state index contributed by atoms with van der Waals surface area (Å²) >= 11 is 0. The fourth-order valence-electron chi connectivity index (χ4n) is 10.4. The summed E-state index contributed by atoms with van der Waals surface area (Å²) in [6.45, 7) is 4.75. The third-order valence-electron chi connectivity index (χ3n) is 13.7. The second-order valence-electron chi connectivity index (χ2n) is 17.8. The van der Waals surface area contributed by atoms with Crippen LogP contribution in [-0.2, 0) is 5.41 Å². The number of hydrogen-bond acceptors (Lipinski definition) is 2. The first kappa shape index (κ1) is 37.9. The summed E-state index contributed by atoms with van der Waals surface area (Å²) in [5.41, 5.74) is 23.2. The molecule has 1 N–H and O–H groups in total. The highest BCUT2D eigenvalue weighted by atomic mass is 15.1. The van der Waals surface area contributed by atoms with Crippen LogP contribution in [0.2, 0.25) is 0 Å². The summed E-state index contributed by atoms with van der Waals surface area (Å²) < 4.78 is 0. The van der Waals surface area contributed by atoms with Gasteiger partial charge < -0.3 is 10.2 Å². The Balaban J connectivity index is 1.10. The molecule has 0 unspecified atom stereocenters. The first-order valence-electron chi connectivity index (χ1n) is 22.4. The number of fused-ring (bicyclic) bond motifs is 6. The van der Waals surface area contributed by atoms with Crippen molar-refractivity contribution in [3.05, 3.63) is 236 Å². The van der Waals surface area contributed by atoms with Gasteiger partial charge in [0, 0.05) is 39.4 Å². The normalized spacial score (nSPS) is 13.1. The molecule has 0 saturated carbocycles. The number of nitrogens with zero attached hydrogens (tertiary/aromatic N) is 1. The van der Waals surface area contributed by atoms with Crippen molar-refractivity contribution >= 4 is 57.4 Å². The van der Waals surface area contributed by atoms with Crippen LogP contribution in [0.15, 0.2) is 224 Å². The van der Waals surface area contributed by atoms with E-state index >= 15 is 0 Å². The molecule has 12 rings (SSSR count). The van der Waals surface area contributed by atoms with Crippen LogP contribution in [0.1, 0.15) is 25.0 Å². The maximum Gasteiger partial charge on any atom is 0.198 e. The molecule has 0 fully saturated rings. The Bertz CT molecular complexity index is 3380. The van der Waals surface area contributed by atoms with E-state index in [0.717, 1.165) is 24.3 Å². The van der Waals surface area contributed by atoms with Crippen LogP contribution >= 0.6 is 0 Å². The van der Waals surface area contributed by atoms with Crippen molar-refractivity contribution in [1.82, 2.24) is 0 Å². The van der Waals surface area contributed by atoms with Gasteiger partial charge in [-0.05, 0) is 126 Å². The standard InChI is InChI=1S/C61H45BN2/c1-61(2)53-25-15-14-24-50(53)51-38-52(56(39-54(51)61)63-47-31-26-43(27-32-47)40-16-6-3-7-17-40)59-49-23-13-12-22-46(49)37-58-60(59)62-55-36-45(42-20-10-5-11-21-42)30-35-57(55)64(58)48-33-28-44(29-34-48)41-18-8-4-9-19-41/h3-39,62-63H,1-2H3. The third-order valence-corrected chi connectivity index (χ3v) is 13.7. The van der Waals surface area contributed by atoms with E-state index in [1.54, 1.807) is 0 Å². The predicted molar refractivity (Wildman–Crippen MR) is 274 cm³/mol. The molecule has 1 aliphatic heterocycles. The number of rotatable bonds is 7. The van der Waals surface area contributed by atoms with Crippen LogP contribution in [0.25, 0.3) is 66.4 Å². The molecular weight excluding hydrogens is 771 g/mol. The van der Waals surface area contributed by atoms with Crippen molar-refractivity contribution in [1.29, 1.82) is 0 Å². The van der Waals surface area contributed by atoms with Gasteiger partial charge in [-0.1, -0.05) is 195 Å². The van der Waals surface area contributed by atoms with Gasteiger partial charge in [-0.3, -0.25) is 0 Å². The zero-order valence-electron chi connectivity index (χ0n) is 36.0. The number of anilines is 5. The average Bonchev–Trinajstić information content (AvgIpc) is 3.58. The molecule has 302 valence electrons. The Labute approximate surface area is 376 Å². The Morgan fingerprint density at radius 2 is 0.984 bits per heavy atom. The zero-order chi connectivity index (χ0) is 42.8. The molecule has 3 heteroatoms. The van der Waals surface area contributed by atoms with Crippen molar-refractivity contribution in [2.45, 2.75) is 19.3 Å². The minimum atomic E-state index is -0.161. The molecule has 64 heavy (non-hydrogen) atoms. The highest BCUT2D eigenvalue weighted by Gasteiger charge is 2.37. The van der Waals surface area contributed by atoms with E-state index in [0.29, 0.717) is 0 Å². The summed E-state index contributed by atoms with van der Waals surface area (Å²) in [4.78, 5) is 2.51. The van der Waals surface area contributed by atoms with Gasteiger partial charge in [-0.2, -0.15) is 0 Å². The molecule has 0 bridgehead atoms. The molecule has 0 radical (unpaired) electrons. The van der Waals surface area contributed by atoms with E-state index in [-0.39, 0.29) is 5.41 Å². The predicted octanol–water partition coefficient (Wildman–Crippen LogP) is 14.7. The van der Waals surface area contributed by atoms with Crippen LogP contribution in [0.4, 0.5) is 28.4 Å². The van der Waals surface area contributed by atoms with E-state index in [9.17, 15) is 0 Å².